The third-order valence-electron chi connectivity index (χ3n) is 8.50. The van der Waals surface area contributed by atoms with E-state index in [9.17, 15) is 0 Å². The lowest BCUT2D eigenvalue weighted by Crippen LogP contribution is -2.25. The summed E-state index contributed by atoms with van der Waals surface area (Å²) >= 11 is 0. The zero-order valence-electron chi connectivity index (χ0n) is 21.2. The lowest BCUT2D eigenvalue weighted by atomic mass is 9.68. The van der Waals surface area contributed by atoms with Gasteiger partial charge in [0.2, 0.25) is 0 Å². The smallest absolute Gasteiger partial charge is 0.0912 e. The van der Waals surface area contributed by atoms with Crippen LogP contribution in [0, 0.1) is 35.0 Å². The molecule has 0 heterocycles. The number of nitrogens with zero attached hydrogens (tertiary/aromatic N) is 1. The topological polar surface area (TPSA) is 23.8 Å². The molecule has 2 saturated carbocycles. The van der Waals surface area contributed by atoms with Crippen LogP contribution in [0.2, 0.25) is 0 Å². The van der Waals surface area contributed by atoms with Crippen LogP contribution in [0.3, 0.4) is 0 Å². The van der Waals surface area contributed by atoms with E-state index in [1.807, 2.05) is 18.2 Å². The molecule has 2 aliphatic carbocycles. The van der Waals surface area contributed by atoms with Gasteiger partial charge in [-0.25, -0.2) is 0 Å². The third kappa shape index (κ3) is 9.52. The monoisotopic (exact) mass is 445 g/mol. The van der Waals surface area contributed by atoms with Crippen LogP contribution in [-0.4, -0.2) is 0 Å². The summed E-state index contributed by atoms with van der Waals surface area (Å²) in [6.45, 7) is 2.26. The highest BCUT2D eigenvalue weighted by Crippen LogP contribution is 2.43. The quantitative estimate of drug-likeness (QED) is 0.178. The molecule has 0 spiro atoms. The van der Waals surface area contributed by atoms with Crippen molar-refractivity contribution in [3.63, 3.8) is 0 Å². The van der Waals surface area contributed by atoms with Crippen LogP contribution in [0.1, 0.15) is 108 Å². The van der Waals surface area contributed by atoms with Crippen LogP contribution in [0.5, 0.6) is 0 Å². The van der Waals surface area contributed by atoms with Gasteiger partial charge in [0.1, 0.15) is 0 Å². The first-order valence-corrected chi connectivity index (χ1v) is 14.1. The van der Waals surface area contributed by atoms with E-state index in [0.717, 1.165) is 23.7 Å². The summed E-state index contributed by atoms with van der Waals surface area (Å²) < 4.78 is 0. The Bertz CT molecular complexity index is 734. The molecule has 0 N–H and O–H groups in total. The van der Waals surface area contributed by atoms with Gasteiger partial charge in [-0.2, -0.15) is 5.26 Å². The average molecular weight is 446 g/mol. The van der Waals surface area contributed by atoms with Crippen molar-refractivity contribution < 1.29 is 0 Å². The molecule has 2 aliphatic rings. The van der Waals surface area contributed by atoms with Gasteiger partial charge >= 0.3 is 0 Å². The number of rotatable bonds is 12. The second kappa shape index (κ2) is 15.2. The van der Waals surface area contributed by atoms with Crippen molar-refractivity contribution in [1.82, 2.24) is 0 Å². The standard InChI is InChI=1S/C32H47N/c1-2-10-27-14-16-28(17-15-27)12-7-8-13-30-20-24-32(25-21-30)31-22-18-29(19-23-31)11-6-4-3-5-9-26-33/h3-5,9,14-17,29-32H,2,6-8,10-13,18-25H2,1H3/t29-,30-,31-,32-. The molecule has 0 amide bonds. The molecule has 3 rings (SSSR count). The number of nitriles is 1. The number of unbranched alkanes of at least 4 members (excludes halogenated alkanes) is 1. The molecule has 33 heavy (non-hydrogen) atoms. The van der Waals surface area contributed by atoms with Gasteiger partial charge in [-0.15, -0.1) is 0 Å². The van der Waals surface area contributed by atoms with Gasteiger partial charge in [-0.05, 0) is 92.6 Å². The Morgan fingerprint density at radius 2 is 1.33 bits per heavy atom. The summed E-state index contributed by atoms with van der Waals surface area (Å²) in [5.74, 6) is 3.99. The highest BCUT2D eigenvalue weighted by atomic mass is 14.4. The molecule has 2 fully saturated rings. The maximum absolute atomic E-state index is 8.51. The Labute approximate surface area is 204 Å². The van der Waals surface area contributed by atoms with E-state index in [1.54, 1.807) is 6.08 Å². The van der Waals surface area contributed by atoms with Crippen molar-refractivity contribution >= 4 is 0 Å². The van der Waals surface area contributed by atoms with E-state index >= 15 is 0 Å². The second-order valence-corrected chi connectivity index (χ2v) is 10.9. The van der Waals surface area contributed by atoms with E-state index in [2.05, 4.69) is 37.3 Å². The lowest BCUT2D eigenvalue weighted by molar-refractivity contribution is 0.140. The third-order valence-corrected chi connectivity index (χ3v) is 8.50. The van der Waals surface area contributed by atoms with E-state index in [1.165, 1.54) is 114 Å². The van der Waals surface area contributed by atoms with Crippen LogP contribution in [0.15, 0.2) is 48.6 Å². The van der Waals surface area contributed by atoms with Gasteiger partial charge < -0.3 is 0 Å². The number of allylic oxidation sites excluding steroid dienone is 4. The fourth-order valence-electron chi connectivity index (χ4n) is 6.43. The first-order chi connectivity index (χ1) is 16.3. The molecule has 0 atom stereocenters. The Morgan fingerprint density at radius 1 is 0.758 bits per heavy atom. The van der Waals surface area contributed by atoms with E-state index < -0.39 is 0 Å². The predicted octanol–water partition coefficient (Wildman–Crippen LogP) is 9.38. The van der Waals surface area contributed by atoms with Crippen LogP contribution in [-0.2, 0) is 12.8 Å². The van der Waals surface area contributed by atoms with Crippen LogP contribution in [0.25, 0.3) is 0 Å². The summed E-state index contributed by atoms with van der Waals surface area (Å²) in [6, 6.07) is 11.4. The highest BCUT2D eigenvalue weighted by Gasteiger charge is 2.30. The molecule has 0 aliphatic heterocycles. The molecule has 1 heteroatoms. The van der Waals surface area contributed by atoms with Crippen LogP contribution >= 0.6 is 0 Å². The SMILES string of the molecule is CCCc1ccc(CCCC[C@H]2CC[C@H]([C@H]3CC[C@H](CCC=CC=CC#N)CC3)CC2)cc1. The normalized spacial score (nSPS) is 26.1. The molecule has 0 unspecified atom stereocenters. The van der Waals surface area contributed by atoms with Gasteiger partial charge in [0.15, 0.2) is 0 Å². The van der Waals surface area contributed by atoms with Crippen LogP contribution in [0.4, 0.5) is 0 Å². The van der Waals surface area contributed by atoms with E-state index in [0.29, 0.717) is 0 Å². The Morgan fingerprint density at radius 3 is 1.91 bits per heavy atom. The number of hydrogen-bond donors (Lipinski definition) is 0. The molecule has 1 nitrogen and oxygen atoms in total. The Balaban J connectivity index is 1.23. The minimum absolute atomic E-state index is 0.935. The second-order valence-electron chi connectivity index (χ2n) is 10.9. The zero-order chi connectivity index (χ0) is 23.1. The predicted molar refractivity (Wildman–Crippen MR) is 142 cm³/mol. The van der Waals surface area contributed by atoms with E-state index in [-0.39, 0.29) is 0 Å². The summed E-state index contributed by atoms with van der Waals surface area (Å²) in [5, 5.41) is 8.51. The van der Waals surface area contributed by atoms with Crippen molar-refractivity contribution in [1.29, 1.82) is 5.26 Å². The molecule has 0 bridgehead atoms. The van der Waals surface area contributed by atoms with Crippen molar-refractivity contribution in [2.75, 3.05) is 0 Å². The van der Waals surface area contributed by atoms with Gasteiger partial charge in [-0.1, -0.05) is 94.4 Å². The average Bonchev–Trinajstić information content (AvgIpc) is 2.86. The summed E-state index contributed by atoms with van der Waals surface area (Å²) in [5.41, 5.74) is 3.02. The highest BCUT2D eigenvalue weighted by molar-refractivity contribution is 5.22. The number of hydrogen-bond acceptors (Lipinski definition) is 1. The zero-order valence-corrected chi connectivity index (χ0v) is 21.2. The van der Waals surface area contributed by atoms with Crippen molar-refractivity contribution in [3.8, 4) is 6.07 Å². The van der Waals surface area contributed by atoms with Gasteiger partial charge in [0, 0.05) is 6.08 Å². The maximum Gasteiger partial charge on any atom is 0.0912 e. The van der Waals surface area contributed by atoms with Gasteiger partial charge in [0.25, 0.3) is 0 Å². The molecule has 0 aromatic heterocycles. The lowest BCUT2D eigenvalue weighted by Gasteiger charge is -2.38. The van der Waals surface area contributed by atoms with Gasteiger partial charge in [-0.3, -0.25) is 0 Å². The molecular weight excluding hydrogens is 398 g/mol. The summed E-state index contributed by atoms with van der Waals surface area (Å²) in [6.07, 6.45) is 30.0. The maximum atomic E-state index is 8.51. The molecule has 1 aromatic carbocycles. The first-order valence-electron chi connectivity index (χ1n) is 14.1. The van der Waals surface area contributed by atoms with Crippen molar-refractivity contribution in [2.45, 2.75) is 110 Å². The minimum atomic E-state index is 0.935. The molecular formula is C32H47N. The largest absolute Gasteiger partial charge is 0.193 e. The molecule has 180 valence electrons. The summed E-state index contributed by atoms with van der Waals surface area (Å²) in [7, 11) is 0. The molecule has 0 saturated heterocycles. The number of benzene rings is 1. The van der Waals surface area contributed by atoms with Crippen molar-refractivity contribution in [3.05, 3.63) is 59.7 Å². The van der Waals surface area contributed by atoms with Crippen molar-refractivity contribution in [2.24, 2.45) is 23.7 Å². The van der Waals surface area contributed by atoms with Crippen LogP contribution < -0.4 is 0 Å². The number of aryl methyl sites for hydroxylation is 2. The first kappa shape index (κ1) is 25.8. The fraction of sp³-hybridized carbons (Fsp3) is 0.656. The minimum Gasteiger partial charge on any atom is -0.193 e. The molecule has 0 radical (unpaired) electrons. The fourth-order valence-corrected chi connectivity index (χ4v) is 6.43. The van der Waals surface area contributed by atoms with Gasteiger partial charge in [0.05, 0.1) is 6.07 Å². The molecule has 1 aromatic rings. The van der Waals surface area contributed by atoms with E-state index in [4.69, 9.17) is 5.26 Å². The Hall–Kier alpha value is -1.81. The summed E-state index contributed by atoms with van der Waals surface area (Å²) in [4.78, 5) is 0. The Kier molecular flexibility index (Phi) is 11.9.